The molecule has 3 aromatic carbocycles. The number of aromatic nitrogens is 1. The Morgan fingerprint density at radius 2 is 1.73 bits per heavy atom. The number of unbranched alkanes of at least 4 members (excludes halogenated alkanes) is 1. The summed E-state index contributed by atoms with van der Waals surface area (Å²) in [6.07, 6.45) is 2.89. The van der Waals surface area contributed by atoms with E-state index in [0.717, 1.165) is 41.0 Å². The van der Waals surface area contributed by atoms with E-state index in [1.54, 1.807) is 28.8 Å². The first kappa shape index (κ1) is 22.7. The Hall–Kier alpha value is -3.51. The lowest BCUT2D eigenvalue weighted by molar-refractivity contribution is 0.0953. The molecule has 4 rings (SSSR count). The van der Waals surface area contributed by atoms with E-state index in [1.807, 2.05) is 37.3 Å². The summed E-state index contributed by atoms with van der Waals surface area (Å²) in [7, 11) is 0. The Kier molecular flexibility index (Phi) is 7.15. The van der Waals surface area contributed by atoms with Crippen LogP contribution in [-0.4, -0.2) is 17.0 Å². The fraction of sp³-hybridized carbons (Fsp3) is 0.185. The molecule has 4 aromatic rings. The molecule has 4 nitrogen and oxygen atoms in total. The first-order valence-electron chi connectivity index (χ1n) is 10.9. The van der Waals surface area contributed by atoms with Crippen LogP contribution in [0, 0.1) is 12.7 Å². The van der Waals surface area contributed by atoms with E-state index in [4.69, 9.17) is 0 Å². The zero-order valence-electron chi connectivity index (χ0n) is 18.4. The molecule has 1 aromatic heterocycles. The smallest absolute Gasteiger partial charge is 0.312 e. The van der Waals surface area contributed by atoms with E-state index in [1.165, 1.54) is 17.7 Å². The number of thiazole rings is 1. The van der Waals surface area contributed by atoms with Gasteiger partial charge in [0.15, 0.2) is 0 Å². The van der Waals surface area contributed by atoms with Crippen molar-refractivity contribution in [2.75, 3.05) is 6.54 Å². The third-order valence-corrected chi connectivity index (χ3v) is 6.34. The molecular weight excluding hydrogens is 435 g/mol. The number of hydrogen-bond acceptors (Lipinski definition) is 3. The van der Waals surface area contributed by atoms with Crippen molar-refractivity contribution in [3.63, 3.8) is 0 Å². The van der Waals surface area contributed by atoms with Crippen molar-refractivity contribution in [1.82, 2.24) is 9.88 Å². The first-order chi connectivity index (χ1) is 16.0. The van der Waals surface area contributed by atoms with Crippen molar-refractivity contribution in [3.8, 4) is 16.9 Å². The molecule has 1 heterocycles. The number of hydrogen-bond donors (Lipinski definition) is 1. The van der Waals surface area contributed by atoms with Crippen LogP contribution in [0.15, 0.2) is 83.7 Å². The Bertz CT molecular complexity index is 1290. The van der Waals surface area contributed by atoms with Crippen LogP contribution in [0.25, 0.3) is 16.9 Å². The van der Waals surface area contributed by atoms with Gasteiger partial charge in [0.05, 0.1) is 11.4 Å². The number of nitrogens with one attached hydrogen (secondary N) is 1. The van der Waals surface area contributed by atoms with E-state index in [2.05, 4.69) is 17.4 Å². The SMILES string of the molecule is Cc1sc(=O)n(-c2ccc(F)cc2)c1-c1cccc(C(=O)NCCCCc2ccccc2)c1. The molecule has 0 radical (unpaired) electrons. The van der Waals surface area contributed by atoms with E-state index in [-0.39, 0.29) is 16.6 Å². The van der Waals surface area contributed by atoms with Crippen LogP contribution in [-0.2, 0) is 6.42 Å². The molecule has 0 spiro atoms. The van der Waals surface area contributed by atoms with Crippen LogP contribution in [0.1, 0.15) is 33.6 Å². The quantitative estimate of drug-likeness (QED) is 0.340. The number of halogens is 1. The molecule has 0 saturated heterocycles. The van der Waals surface area contributed by atoms with Crippen molar-refractivity contribution in [1.29, 1.82) is 0 Å². The average molecular weight is 461 g/mol. The summed E-state index contributed by atoms with van der Waals surface area (Å²) in [5.74, 6) is -0.497. The standard InChI is InChI=1S/C27H25FN2O2S/c1-19-25(30(27(32)33-19)24-15-13-23(28)14-16-24)21-11-7-12-22(18-21)26(31)29-17-6-5-10-20-8-3-2-4-9-20/h2-4,7-9,11-16,18H,5-6,10,17H2,1H3,(H,29,31). The molecule has 0 atom stereocenters. The molecule has 0 saturated carbocycles. The van der Waals surface area contributed by atoms with Crippen molar-refractivity contribution >= 4 is 17.2 Å². The van der Waals surface area contributed by atoms with Crippen LogP contribution in [0.3, 0.4) is 0 Å². The number of carbonyl (C=O) groups excluding carboxylic acids is 1. The zero-order chi connectivity index (χ0) is 23.2. The fourth-order valence-electron chi connectivity index (χ4n) is 3.84. The minimum absolute atomic E-state index is 0.139. The van der Waals surface area contributed by atoms with Gasteiger partial charge >= 0.3 is 4.87 Å². The van der Waals surface area contributed by atoms with Crippen LogP contribution in [0.4, 0.5) is 4.39 Å². The highest BCUT2D eigenvalue weighted by Gasteiger charge is 2.17. The lowest BCUT2D eigenvalue weighted by atomic mass is 10.1. The van der Waals surface area contributed by atoms with Gasteiger partial charge in [0.2, 0.25) is 0 Å². The second-order valence-electron chi connectivity index (χ2n) is 7.86. The van der Waals surface area contributed by atoms with Crippen LogP contribution in [0.2, 0.25) is 0 Å². The first-order valence-corrected chi connectivity index (χ1v) is 11.8. The molecule has 1 amide bonds. The van der Waals surface area contributed by atoms with Gasteiger partial charge in [-0.25, -0.2) is 4.39 Å². The molecule has 1 N–H and O–H groups in total. The van der Waals surface area contributed by atoms with E-state index in [0.29, 0.717) is 23.5 Å². The predicted octanol–water partition coefficient (Wildman–Crippen LogP) is 5.77. The number of aryl methyl sites for hydroxylation is 2. The van der Waals surface area contributed by atoms with Gasteiger partial charge in [-0.05, 0) is 68.1 Å². The highest BCUT2D eigenvalue weighted by molar-refractivity contribution is 7.09. The van der Waals surface area contributed by atoms with Crippen LogP contribution < -0.4 is 10.2 Å². The lowest BCUT2D eigenvalue weighted by Gasteiger charge is -2.11. The Morgan fingerprint density at radius 3 is 2.48 bits per heavy atom. The molecule has 6 heteroatoms. The number of nitrogens with zero attached hydrogens (tertiary/aromatic N) is 1. The second-order valence-corrected chi connectivity index (χ2v) is 9.03. The van der Waals surface area contributed by atoms with Gasteiger partial charge in [-0.15, -0.1) is 0 Å². The van der Waals surface area contributed by atoms with E-state index < -0.39 is 0 Å². The van der Waals surface area contributed by atoms with Gasteiger partial charge in [-0.1, -0.05) is 53.8 Å². The average Bonchev–Trinajstić information content (AvgIpc) is 3.13. The summed E-state index contributed by atoms with van der Waals surface area (Å²) in [6.45, 7) is 2.48. The molecule has 0 aliphatic heterocycles. The fourth-order valence-corrected chi connectivity index (χ4v) is 4.70. The van der Waals surface area contributed by atoms with Crippen molar-refractivity contribution < 1.29 is 9.18 Å². The second kappa shape index (κ2) is 10.4. The molecule has 0 bridgehead atoms. The Labute approximate surface area is 196 Å². The van der Waals surface area contributed by atoms with Crippen molar-refractivity contribution in [2.24, 2.45) is 0 Å². The largest absolute Gasteiger partial charge is 0.352 e. The summed E-state index contributed by atoms with van der Waals surface area (Å²) in [5, 5.41) is 2.99. The summed E-state index contributed by atoms with van der Waals surface area (Å²) < 4.78 is 15.0. The van der Waals surface area contributed by atoms with Crippen molar-refractivity contribution in [3.05, 3.63) is 110 Å². The van der Waals surface area contributed by atoms with Gasteiger partial charge in [-0.2, -0.15) is 0 Å². The van der Waals surface area contributed by atoms with Gasteiger partial charge in [0.1, 0.15) is 5.82 Å². The normalized spacial score (nSPS) is 10.8. The van der Waals surface area contributed by atoms with Crippen molar-refractivity contribution in [2.45, 2.75) is 26.2 Å². The van der Waals surface area contributed by atoms with E-state index >= 15 is 0 Å². The highest BCUT2D eigenvalue weighted by Crippen LogP contribution is 2.28. The maximum Gasteiger partial charge on any atom is 0.312 e. The minimum Gasteiger partial charge on any atom is -0.352 e. The maximum atomic E-state index is 13.4. The molecule has 0 fully saturated rings. The highest BCUT2D eigenvalue weighted by atomic mass is 32.1. The minimum atomic E-state index is -0.359. The van der Waals surface area contributed by atoms with Crippen LogP contribution in [0.5, 0.6) is 0 Å². The maximum absolute atomic E-state index is 13.4. The summed E-state index contributed by atoms with van der Waals surface area (Å²) in [6, 6.07) is 23.4. The summed E-state index contributed by atoms with van der Waals surface area (Å²) in [4.78, 5) is 26.1. The van der Waals surface area contributed by atoms with E-state index in [9.17, 15) is 14.0 Å². The summed E-state index contributed by atoms with van der Waals surface area (Å²) >= 11 is 1.13. The number of rotatable bonds is 8. The molecule has 33 heavy (non-hydrogen) atoms. The number of amides is 1. The Balaban J connectivity index is 1.46. The number of carbonyl (C=O) groups is 1. The molecular formula is C27H25FN2O2S. The zero-order valence-corrected chi connectivity index (χ0v) is 19.2. The molecule has 0 unspecified atom stereocenters. The lowest BCUT2D eigenvalue weighted by Crippen LogP contribution is -2.24. The van der Waals surface area contributed by atoms with Gasteiger partial charge in [0, 0.05) is 22.5 Å². The third-order valence-electron chi connectivity index (χ3n) is 5.48. The molecule has 0 aliphatic rings. The van der Waals surface area contributed by atoms with Gasteiger partial charge < -0.3 is 5.32 Å². The monoisotopic (exact) mass is 460 g/mol. The van der Waals surface area contributed by atoms with Crippen LogP contribution >= 0.6 is 11.3 Å². The number of benzene rings is 3. The summed E-state index contributed by atoms with van der Waals surface area (Å²) in [5.41, 5.74) is 3.92. The third kappa shape index (κ3) is 5.46. The molecule has 168 valence electrons. The topological polar surface area (TPSA) is 51.1 Å². The predicted molar refractivity (Wildman–Crippen MR) is 132 cm³/mol. The van der Waals surface area contributed by atoms with Gasteiger partial charge in [0.25, 0.3) is 5.91 Å². The molecule has 0 aliphatic carbocycles. The van der Waals surface area contributed by atoms with Gasteiger partial charge in [-0.3, -0.25) is 14.2 Å². The Morgan fingerprint density at radius 1 is 0.970 bits per heavy atom.